The molecule has 0 saturated heterocycles. The minimum absolute atomic E-state index is 0.138. The van der Waals surface area contributed by atoms with Gasteiger partial charge in [0.1, 0.15) is 0 Å². The van der Waals surface area contributed by atoms with Crippen molar-refractivity contribution in [3.05, 3.63) is 42.5 Å². The van der Waals surface area contributed by atoms with Crippen LogP contribution >= 0.6 is 0 Å². The fourth-order valence-corrected chi connectivity index (χ4v) is 1.83. The lowest BCUT2D eigenvalue weighted by molar-refractivity contribution is -0.145. The number of hydrogen-bond acceptors (Lipinski definition) is 2. The Labute approximate surface area is 116 Å². The van der Waals surface area contributed by atoms with Gasteiger partial charge in [0.2, 0.25) is 5.91 Å². The van der Waals surface area contributed by atoms with Gasteiger partial charge in [0, 0.05) is 25.7 Å². The van der Waals surface area contributed by atoms with E-state index in [0.29, 0.717) is 11.3 Å². The van der Waals surface area contributed by atoms with Crippen LogP contribution in [0.5, 0.6) is 0 Å². The molecule has 1 aromatic rings. The summed E-state index contributed by atoms with van der Waals surface area (Å²) in [4.78, 5) is 12.2. The van der Waals surface area contributed by atoms with Crippen molar-refractivity contribution >= 4 is 11.6 Å². The summed E-state index contributed by atoms with van der Waals surface area (Å²) in [6, 6.07) is 6.76. The monoisotopic (exact) mass is 286 g/mol. The predicted molar refractivity (Wildman–Crippen MR) is 72.3 cm³/mol. The number of nitrogens with zero attached hydrogens (tertiary/aromatic N) is 1. The lowest BCUT2D eigenvalue weighted by Gasteiger charge is -2.22. The van der Waals surface area contributed by atoms with Gasteiger partial charge in [0.15, 0.2) is 0 Å². The van der Waals surface area contributed by atoms with Gasteiger partial charge in [0.05, 0.1) is 6.54 Å². The first kappa shape index (κ1) is 16.2. The van der Waals surface area contributed by atoms with Crippen LogP contribution in [0.3, 0.4) is 0 Å². The van der Waals surface area contributed by atoms with Crippen molar-refractivity contribution in [1.29, 1.82) is 0 Å². The summed E-state index contributed by atoms with van der Waals surface area (Å²) < 4.78 is 37.4. The largest absolute Gasteiger partial charge is 0.401 e. The van der Waals surface area contributed by atoms with Gasteiger partial charge in [-0.25, -0.2) is 0 Å². The number of amides is 1. The molecular weight excluding hydrogens is 269 g/mol. The van der Waals surface area contributed by atoms with Crippen molar-refractivity contribution in [1.82, 2.24) is 4.90 Å². The smallest absolute Gasteiger partial charge is 0.326 e. The van der Waals surface area contributed by atoms with Crippen LogP contribution in [0, 0.1) is 0 Å². The highest BCUT2D eigenvalue weighted by Crippen LogP contribution is 2.19. The Hall–Kier alpha value is -1.82. The number of anilines is 1. The van der Waals surface area contributed by atoms with E-state index in [-0.39, 0.29) is 19.0 Å². The predicted octanol–water partition coefficient (Wildman–Crippen LogP) is 3.20. The molecule has 6 heteroatoms. The molecule has 0 saturated carbocycles. The van der Waals surface area contributed by atoms with Gasteiger partial charge in [-0.05, 0) is 17.7 Å². The molecule has 0 aliphatic carbocycles. The Balaban J connectivity index is 2.77. The normalized spacial score (nSPS) is 11.4. The number of halogens is 3. The number of rotatable bonds is 6. The summed E-state index contributed by atoms with van der Waals surface area (Å²) in [6.45, 7) is 4.12. The molecule has 0 atom stereocenters. The first-order valence-corrected chi connectivity index (χ1v) is 6.06. The Morgan fingerprint density at radius 3 is 2.70 bits per heavy atom. The zero-order valence-corrected chi connectivity index (χ0v) is 11.2. The molecule has 20 heavy (non-hydrogen) atoms. The molecule has 0 heterocycles. The second-order valence-corrected chi connectivity index (χ2v) is 4.46. The number of nitrogens with one attached hydrogen (secondary N) is 1. The standard InChI is InChI=1S/C14H17F3N2O/c1-3-7-19(10-14(15,16)17)9-12-5-4-6-13(8-12)18-11(2)20/h3-6,8H,1,7,9-10H2,2H3,(H,18,20). The highest BCUT2D eigenvalue weighted by Gasteiger charge is 2.30. The van der Waals surface area contributed by atoms with Gasteiger partial charge in [-0.3, -0.25) is 9.69 Å². The summed E-state index contributed by atoms with van der Waals surface area (Å²) >= 11 is 0. The summed E-state index contributed by atoms with van der Waals surface area (Å²) in [5.74, 6) is -0.222. The fourth-order valence-electron chi connectivity index (χ4n) is 1.83. The van der Waals surface area contributed by atoms with Gasteiger partial charge in [-0.2, -0.15) is 13.2 Å². The molecule has 1 N–H and O–H groups in total. The van der Waals surface area contributed by atoms with Crippen molar-refractivity contribution in [2.45, 2.75) is 19.6 Å². The maximum atomic E-state index is 12.5. The van der Waals surface area contributed by atoms with Crippen molar-refractivity contribution in [3.63, 3.8) is 0 Å². The molecule has 1 aromatic carbocycles. The number of carbonyl (C=O) groups excluding carboxylic acids is 1. The Morgan fingerprint density at radius 2 is 2.15 bits per heavy atom. The van der Waals surface area contributed by atoms with E-state index in [1.54, 1.807) is 24.3 Å². The van der Waals surface area contributed by atoms with Gasteiger partial charge < -0.3 is 5.32 Å². The minimum Gasteiger partial charge on any atom is -0.326 e. The molecule has 1 rings (SSSR count). The summed E-state index contributed by atoms with van der Waals surface area (Å²) in [6.07, 6.45) is -2.82. The van der Waals surface area contributed by atoms with E-state index < -0.39 is 12.7 Å². The van der Waals surface area contributed by atoms with E-state index in [0.717, 1.165) is 0 Å². The summed E-state index contributed by atoms with van der Waals surface area (Å²) in [7, 11) is 0. The van der Waals surface area contributed by atoms with Crippen LogP contribution in [0.1, 0.15) is 12.5 Å². The van der Waals surface area contributed by atoms with Crippen molar-refractivity contribution in [2.75, 3.05) is 18.4 Å². The highest BCUT2D eigenvalue weighted by atomic mass is 19.4. The minimum atomic E-state index is -4.25. The molecule has 0 fully saturated rings. The van der Waals surface area contributed by atoms with Crippen LogP contribution < -0.4 is 5.32 Å². The maximum Gasteiger partial charge on any atom is 0.401 e. The third-order valence-corrected chi connectivity index (χ3v) is 2.44. The van der Waals surface area contributed by atoms with Gasteiger partial charge >= 0.3 is 6.18 Å². The molecule has 0 unspecified atom stereocenters. The van der Waals surface area contributed by atoms with E-state index in [1.807, 2.05) is 0 Å². The van der Waals surface area contributed by atoms with Gasteiger partial charge in [-0.15, -0.1) is 6.58 Å². The molecular formula is C14H17F3N2O. The van der Waals surface area contributed by atoms with Crippen molar-refractivity contribution in [3.8, 4) is 0 Å². The number of alkyl halides is 3. The third-order valence-electron chi connectivity index (χ3n) is 2.44. The quantitative estimate of drug-likeness (QED) is 0.814. The number of hydrogen-bond donors (Lipinski definition) is 1. The second-order valence-electron chi connectivity index (χ2n) is 4.46. The molecule has 0 radical (unpaired) electrons. The number of benzene rings is 1. The number of carbonyl (C=O) groups is 1. The highest BCUT2D eigenvalue weighted by molar-refractivity contribution is 5.88. The van der Waals surface area contributed by atoms with Crippen molar-refractivity contribution in [2.24, 2.45) is 0 Å². The lowest BCUT2D eigenvalue weighted by atomic mass is 10.2. The maximum absolute atomic E-state index is 12.5. The molecule has 0 aliphatic heterocycles. The fraction of sp³-hybridized carbons (Fsp3) is 0.357. The Morgan fingerprint density at radius 1 is 1.45 bits per heavy atom. The zero-order chi connectivity index (χ0) is 15.2. The Bertz CT molecular complexity index is 472. The van der Waals surface area contributed by atoms with Gasteiger partial charge in [-0.1, -0.05) is 18.2 Å². The summed E-state index contributed by atoms with van der Waals surface area (Å²) in [5, 5.41) is 2.60. The topological polar surface area (TPSA) is 32.3 Å². The Kier molecular flexibility index (Phi) is 5.76. The molecule has 0 aromatic heterocycles. The molecule has 0 aliphatic rings. The van der Waals surface area contributed by atoms with Crippen LogP contribution in [0.25, 0.3) is 0 Å². The SMILES string of the molecule is C=CCN(Cc1cccc(NC(C)=O)c1)CC(F)(F)F. The molecule has 1 amide bonds. The van der Waals surface area contributed by atoms with E-state index in [2.05, 4.69) is 11.9 Å². The average Bonchev–Trinajstić information content (AvgIpc) is 2.26. The van der Waals surface area contributed by atoms with Crippen LogP contribution in [0.2, 0.25) is 0 Å². The average molecular weight is 286 g/mol. The second kappa shape index (κ2) is 7.09. The first-order valence-electron chi connectivity index (χ1n) is 6.06. The van der Waals surface area contributed by atoms with Crippen molar-refractivity contribution < 1.29 is 18.0 Å². The lowest BCUT2D eigenvalue weighted by Crippen LogP contribution is -2.33. The summed E-state index contributed by atoms with van der Waals surface area (Å²) in [5.41, 5.74) is 1.27. The van der Waals surface area contributed by atoms with Crippen LogP contribution in [0.4, 0.5) is 18.9 Å². The van der Waals surface area contributed by atoms with E-state index in [9.17, 15) is 18.0 Å². The van der Waals surface area contributed by atoms with Crippen LogP contribution in [-0.4, -0.2) is 30.1 Å². The molecule has 110 valence electrons. The van der Waals surface area contributed by atoms with Crippen LogP contribution in [-0.2, 0) is 11.3 Å². The molecule has 3 nitrogen and oxygen atoms in total. The van der Waals surface area contributed by atoms with Gasteiger partial charge in [0.25, 0.3) is 0 Å². The van der Waals surface area contributed by atoms with E-state index in [1.165, 1.54) is 17.9 Å². The molecule has 0 spiro atoms. The third kappa shape index (κ3) is 6.38. The first-order chi connectivity index (χ1) is 9.30. The van der Waals surface area contributed by atoms with Crippen LogP contribution in [0.15, 0.2) is 36.9 Å². The zero-order valence-electron chi connectivity index (χ0n) is 11.2. The van der Waals surface area contributed by atoms with E-state index >= 15 is 0 Å². The molecule has 0 bridgehead atoms. The van der Waals surface area contributed by atoms with E-state index in [4.69, 9.17) is 0 Å².